The molecule has 0 aromatic rings. The van der Waals surface area contributed by atoms with Crippen LogP contribution in [0.25, 0.3) is 0 Å². The molecule has 0 atom stereocenters. The molecule has 0 aliphatic rings. The summed E-state index contributed by atoms with van der Waals surface area (Å²) in [7, 11) is 1.40. The van der Waals surface area contributed by atoms with Gasteiger partial charge >= 0.3 is 5.97 Å². The number of carbonyl (C=O) groups is 1. The van der Waals surface area contributed by atoms with E-state index in [2.05, 4.69) is 4.74 Å². The van der Waals surface area contributed by atoms with Gasteiger partial charge in [0, 0.05) is 12.7 Å². The Bertz CT molecular complexity index is 236. The first kappa shape index (κ1) is 19.2. The fourth-order valence-electron chi connectivity index (χ4n) is 2.21. The Balaban J connectivity index is 3.06. The van der Waals surface area contributed by atoms with Crippen molar-refractivity contribution in [2.75, 3.05) is 13.7 Å². The fourth-order valence-corrected chi connectivity index (χ4v) is 2.21. The molecule has 0 heterocycles. The van der Waals surface area contributed by atoms with E-state index in [0.717, 1.165) is 19.3 Å². The molecule has 0 aromatic heterocycles. The number of aliphatic hydroxyl groups is 1. The van der Waals surface area contributed by atoms with Crippen LogP contribution in [0.3, 0.4) is 0 Å². The first-order chi connectivity index (χ1) is 9.81. The third kappa shape index (κ3) is 15.2. The number of hydrogen-bond acceptors (Lipinski definition) is 3. The van der Waals surface area contributed by atoms with Crippen LogP contribution in [0, 0.1) is 0 Å². The van der Waals surface area contributed by atoms with Gasteiger partial charge in [-0.25, -0.2) is 4.79 Å². The molecule has 0 radical (unpaired) electrons. The molecule has 0 saturated carbocycles. The first-order valence-electron chi connectivity index (χ1n) is 8.16. The van der Waals surface area contributed by atoms with Crippen LogP contribution in [0.5, 0.6) is 0 Å². The highest BCUT2D eigenvalue weighted by Crippen LogP contribution is 2.11. The first-order valence-corrected chi connectivity index (χ1v) is 8.16. The van der Waals surface area contributed by atoms with Crippen molar-refractivity contribution in [3.63, 3.8) is 0 Å². The van der Waals surface area contributed by atoms with Gasteiger partial charge in [0.2, 0.25) is 0 Å². The zero-order chi connectivity index (χ0) is 14.9. The summed E-state index contributed by atoms with van der Waals surface area (Å²) in [5.41, 5.74) is 0. The van der Waals surface area contributed by atoms with Crippen molar-refractivity contribution >= 4 is 5.97 Å². The number of methoxy groups -OCH3 is 1. The van der Waals surface area contributed by atoms with Gasteiger partial charge in [-0.1, -0.05) is 63.9 Å². The zero-order valence-corrected chi connectivity index (χ0v) is 13.1. The van der Waals surface area contributed by atoms with Crippen molar-refractivity contribution in [2.24, 2.45) is 0 Å². The summed E-state index contributed by atoms with van der Waals surface area (Å²) >= 11 is 0. The predicted octanol–water partition coefficient (Wildman–Crippen LogP) is 4.39. The largest absolute Gasteiger partial charge is 0.466 e. The van der Waals surface area contributed by atoms with Gasteiger partial charge in [0.15, 0.2) is 0 Å². The fraction of sp³-hybridized carbons (Fsp3) is 0.824. The van der Waals surface area contributed by atoms with Gasteiger partial charge in [0.25, 0.3) is 0 Å². The number of rotatable bonds is 14. The normalized spacial score (nSPS) is 11.1. The van der Waals surface area contributed by atoms with Gasteiger partial charge in [-0.2, -0.15) is 0 Å². The Morgan fingerprint density at radius 2 is 1.30 bits per heavy atom. The summed E-state index contributed by atoms with van der Waals surface area (Å²) in [6, 6.07) is 0. The van der Waals surface area contributed by atoms with E-state index in [4.69, 9.17) is 5.11 Å². The number of carbonyl (C=O) groups excluding carboxylic acids is 1. The average Bonchev–Trinajstić information content (AvgIpc) is 2.47. The Labute approximate surface area is 124 Å². The summed E-state index contributed by atoms with van der Waals surface area (Å²) in [6.45, 7) is 0.342. The van der Waals surface area contributed by atoms with E-state index in [1.54, 1.807) is 0 Å². The van der Waals surface area contributed by atoms with Crippen LogP contribution in [-0.2, 0) is 9.53 Å². The van der Waals surface area contributed by atoms with Crippen LogP contribution < -0.4 is 0 Å². The zero-order valence-electron chi connectivity index (χ0n) is 13.1. The second kappa shape index (κ2) is 16.2. The number of esters is 1. The molecule has 0 amide bonds. The number of aliphatic hydroxyl groups excluding tert-OH is 1. The Hall–Kier alpha value is -0.830. The minimum absolute atomic E-state index is 0.260. The Morgan fingerprint density at radius 1 is 0.850 bits per heavy atom. The monoisotopic (exact) mass is 284 g/mol. The van der Waals surface area contributed by atoms with Gasteiger partial charge in [-0.05, 0) is 19.3 Å². The average molecular weight is 284 g/mol. The number of allylic oxidation sites excluding steroid dienone is 1. The van der Waals surface area contributed by atoms with E-state index in [-0.39, 0.29) is 5.97 Å². The molecule has 0 spiro atoms. The Kier molecular flexibility index (Phi) is 15.6. The molecule has 0 unspecified atom stereocenters. The summed E-state index contributed by atoms with van der Waals surface area (Å²) < 4.78 is 4.53. The second-order valence-electron chi connectivity index (χ2n) is 5.33. The third-order valence-corrected chi connectivity index (χ3v) is 3.48. The molecule has 0 aliphatic heterocycles. The lowest BCUT2D eigenvalue weighted by Crippen LogP contribution is -1.93. The lowest BCUT2D eigenvalue weighted by atomic mass is 10.1. The molecule has 0 aromatic carbocycles. The minimum atomic E-state index is -0.260. The maximum absolute atomic E-state index is 10.8. The van der Waals surface area contributed by atoms with Crippen molar-refractivity contribution in [1.82, 2.24) is 0 Å². The maximum Gasteiger partial charge on any atom is 0.330 e. The van der Waals surface area contributed by atoms with Gasteiger partial charge in [-0.3, -0.25) is 0 Å². The van der Waals surface area contributed by atoms with E-state index in [1.807, 2.05) is 6.08 Å². The van der Waals surface area contributed by atoms with E-state index in [0.29, 0.717) is 6.61 Å². The summed E-state index contributed by atoms with van der Waals surface area (Å²) in [5, 5.41) is 8.66. The summed E-state index contributed by atoms with van der Waals surface area (Å²) in [6.07, 6.45) is 18.2. The highest BCUT2D eigenvalue weighted by Gasteiger charge is 1.93. The number of unbranched alkanes of at least 4 members (excludes halogenated alkanes) is 11. The molecule has 0 aliphatic carbocycles. The van der Waals surface area contributed by atoms with Crippen LogP contribution in [0.15, 0.2) is 12.2 Å². The van der Waals surface area contributed by atoms with Gasteiger partial charge < -0.3 is 9.84 Å². The smallest absolute Gasteiger partial charge is 0.330 e. The van der Waals surface area contributed by atoms with Crippen LogP contribution in [0.4, 0.5) is 0 Å². The van der Waals surface area contributed by atoms with Gasteiger partial charge in [-0.15, -0.1) is 0 Å². The molecular formula is C17H32O3. The van der Waals surface area contributed by atoms with Crippen molar-refractivity contribution in [1.29, 1.82) is 0 Å². The predicted molar refractivity (Wildman–Crippen MR) is 83.6 cm³/mol. The lowest BCUT2D eigenvalue weighted by Gasteiger charge is -2.02. The molecule has 0 rings (SSSR count). The molecule has 0 bridgehead atoms. The van der Waals surface area contributed by atoms with Gasteiger partial charge in [0.1, 0.15) is 0 Å². The lowest BCUT2D eigenvalue weighted by molar-refractivity contribution is -0.134. The number of ether oxygens (including phenoxy) is 1. The van der Waals surface area contributed by atoms with Crippen molar-refractivity contribution < 1.29 is 14.6 Å². The topological polar surface area (TPSA) is 46.5 Å². The number of hydrogen-bond donors (Lipinski definition) is 1. The minimum Gasteiger partial charge on any atom is -0.466 e. The van der Waals surface area contributed by atoms with Gasteiger partial charge in [0.05, 0.1) is 7.11 Å². The molecule has 0 saturated heterocycles. The quantitative estimate of drug-likeness (QED) is 0.292. The molecule has 0 fully saturated rings. The molecule has 118 valence electrons. The molecular weight excluding hydrogens is 252 g/mol. The Morgan fingerprint density at radius 3 is 1.75 bits per heavy atom. The summed E-state index contributed by atoms with van der Waals surface area (Å²) in [4.78, 5) is 10.8. The summed E-state index contributed by atoms with van der Waals surface area (Å²) in [5.74, 6) is -0.260. The third-order valence-electron chi connectivity index (χ3n) is 3.48. The molecule has 3 heteroatoms. The van der Waals surface area contributed by atoms with E-state index >= 15 is 0 Å². The second-order valence-corrected chi connectivity index (χ2v) is 5.33. The van der Waals surface area contributed by atoms with Crippen LogP contribution in [0.1, 0.15) is 77.0 Å². The van der Waals surface area contributed by atoms with E-state index in [9.17, 15) is 4.79 Å². The van der Waals surface area contributed by atoms with Crippen molar-refractivity contribution in [3.8, 4) is 0 Å². The standard InChI is InChI=1S/C17H32O3/c1-20-17(19)15-13-11-9-7-5-3-2-4-6-8-10-12-14-16-18/h13,15,18H,2-12,14,16H2,1H3. The highest BCUT2D eigenvalue weighted by atomic mass is 16.5. The van der Waals surface area contributed by atoms with Crippen LogP contribution >= 0.6 is 0 Å². The molecule has 20 heavy (non-hydrogen) atoms. The van der Waals surface area contributed by atoms with Crippen LogP contribution in [0.2, 0.25) is 0 Å². The van der Waals surface area contributed by atoms with Crippen molar-refractivity contribution in [2.45, 2.75) is 77.0 Å². The SMILES string of the molecule is COC(=O)C=CCCCCCCCCCCCCCO. The van der Waals surface area contributed by atoms with E-state index in [1.165, 1.54) is 71.0 Å². The molecule has 1 N–H and O–H groups in total. The highest BCUT2D eigenvalue weighted by molar-refractivity contribution is 5.81. The molecule has 3 nitrogen and oxygen atoms in total. The van der Waals surface area contributed by atoms with Crippen LogP contribution in [-0.4, -0.2) is 24.8 Å². The van der Waals surface area contributed by atoms with Crippen molar-refractivity contribution in [3.05, 3.63) is 12.2 Å². The maximum atomic E-state index is 10.8. The van der Waals surface area contributed by atoms with E-state index < -0.39 is 0 Å².